The van der Waals surface area contributed by atoms with Crippen molar-refractivity contribution in [2.75, 3.05) is 18.2 Å². The summed E-state index contributed by atoms with van der Waals surface area (Å²) >= 11 is 1.30. The average molecular weight is 457 g/mol. The van der Waals surface area contributed by atoms with E-state index in [4.69, 9.17) is 9.15 Å². The monoisotopic (exact) mass is 456 g/mol. The topological polar surface area (TPSA) is 98.5 Å². The van der Waals surface area contributed by atoms with Gasteiger partial charge in [-0.15, -0.1) is 11.3 Å². The van der Waals surface area contributed by atoms with Crippen LogP contribution in [0.3, 0.4) is 0 Å². The summed E-state index contributed by atoms with van der Waals surface area (Å²) in [6, 6.07) is 13.9. The van der Waals surface area contributed by atoms with E-state index in [0.29, 0.717) is 40.1 Å². The highest BCUT2D eigenvalue weighted by atomic mass is 32.2. The number of hydrogen-bond acceptors (Lipinski definition) is 7. The van der Waals surface area contributed by atoms with E-state index < -0.39 is 9.84 Å². The highest BCUT2D eigenvalue weighted by molar-refractivity contribution is 7.90. The Bertz CT molecular complexity index is 1340. The molecule has 4 rings (SSSR count). The second-order valence-corrected chi connectivity index (χ2v) is 9.77. The molecule has 0 bridgehead atoms. The molecule has 0 fully saturated rings. The van der Waals surface area contributed by atoms with Crippen LogP contribution in [0.15, 0.2) is 63.2 Å². The molecule has 160 valence electrons. The van der Waals surface area contributed by atoms with Crippen LogP contribution in [0.5, 0.6) is 5.75 Å². The number of benzene rings is 2. The van der Waals surface area contributed by atoms with Gasteiger partial charge in [-0.25, -0.2) is 13.4 Å². The zero-order valence-electron chi connectivity index (χ0n) is 16.9. The first-order valence-electron chi connectivity index (χ1n) is 9.53. The van der Waals surface area contributed by atoms with Crippen molar-refractivity contribution in [3.8, 4) is 17.2 Å². The molecule has 0 saturated heterocycles. The van der Waals surface area contributed by atoms with E-state index in [-0.39, 0.29) is 17.2 Å². The number of ether oxygens (including phenoxy) is 1. The lowest BCUT2D eigenvalue weighted by Gasteiger charge is -2.03. The van der Waals surface area contributed by atoms with Gasteiger partial charge in [0.1, 0.15) is 5.69 Å². The van der Waals surface area contributed by atoms with Gasteiger partial charge in [-0.1, -0.05) is 24.3 Å². The van der Waals surface area contributed by atoms with E-state index >= 15 is 0 Å². The summed E-state index contributed by atoms with van der Waals surface area (Å²) in [5.41, 5.74) is 1.99. The Morgan fingerprint density at radius 3 is 2.68 bits per heavy atom. The van der Waals surface area contributed by atoms with E-state index in [9.17, 15) is 13.2 Å². The number of thiazole rings is 1. The Kier molecular flexibility index (Phi) is 5.79. The van der Waals surface area contributed by atoms with E-state index in [2.05, 4.69) is 10.3 Å². The van der Waals surface area contributed by atoms with E-state index in [1.807, 2.05) is 36.6 Å². The third-order valence-electron chi connectivity index (χ3n) is 4.53. The predicted octanol–water partition coefficient (Wildman–Crippen LogP) is 4.54. The molecule has 0 spiro atoms. The number of nitrogens with zero attached hydrogens (tertiary/aromatic N) is 1. The van der Waals surface area contributed by atoms with E-state index in [1.165, 1.54) is 23.5 Å². The van der Waals surface area contributed by atoms with Gasteiger partial charge in [0.15, 0.2) is 32.1 Å². The first kappa shape index (κ1) is 21.1. The van der Waals surface area contributed by atoms with Gasteiger partial charge in [0.2, 0.25) is 5.91 Å². The SMILES string of the molecule is CCOc1cccc2cc(-c3csc(NC(=O)Cc4ccc(S(C)(=O)=O)cc4)n3)oc12. The summed E-state index contributed by atoms with van der Waals surface area (Å²) < 4.78 is 34.6. The second kappa shape index (κ2) is 8.52. The Labute approximate surface area is 183 Å². The number of fused-ring (bicyclic) bond motifs is 1. The van der Waals surface area contributed by atoms with Crippen LogP contribution in [0, 0.1) is 0 Å². The molecule has 0 saturated carbocycles. The summed E-state index contributed by atoms with van der Waals surface area (Å²) in [5, 5.41) is 5.96. The molecular weight excluding hydrogens is 436 g/mol. The summed E-state index contributed by atoms with van der Waals surface area (Å²) in [6.45, 7) is 2.46. The first-order chi connectivity index (χ1) is 14.8. The van der Waals surface area contributed by atoms with Gasteiger partial charge >= 0.3 is 0 Å². The lowest BCUT2D eigenvalue weighted by atomic mass is 10.1. The molecule has 0 aliphatic carbocycles. The zero-order valence-corrected chi connectivity index (χ0v) is 18.5. The number of sulfone groups is 1. The van der Waals surface area contributed by atoms with Crippen LogP contribution in [0.25, 0.3) is 22.4 Å². The largest absolute Gasteiger partial charge is 0.490 e. The molecule has 0 atom stereocenters. The molecule has 0 radical (unpaired) electrons. The highest BCUT2D eigenvalue weighted by Crippen LogP contribution is 2.34. The minimum Gasteiger partial charge on any atom is -0.490 e. The highest BCUT2D eigenvalue weighted by Gasteiger charge is 2.15. The van der Waals surface area contributed by atoms with Crippen LogP contribution < -0.4 is 10.1 Å². The van der Waals surface area contributed by atoms with Crippen molar-refractivity contribution in [1.29, 1.82) is 0 Å². The molecule has 0 aliphatic rings. The number of furan rings is 1. The summed E-state index contributed by atoms with van der Waals surface area (Å²) in [6.07, 6.45) is 1.26. The molecule has 7 nitrogen and oxygen atoms in total. The predicted molar refractivity (Wildman–Crippen MR) is 120 cm³/mol. The van der Waals surface area contributed by atoms with Crippen molar-refractivity contribution in [1.82, 2.24) is 4.98 Å². The average Bonchev–Trinajstić information content (AvgIpc) is 3.35. The fraction of sp³-hybridized carbons (Fsp3) is 0.182. The van der Waals surface area contributed by atoms with E-state index in [0.717, 1.165) is 11.6 Å². The number of amides is 1. The second-order valence-electron chi connectivity index (χ2n) is 6.90. The van der Waals surface area contributed by atoms with Crippen LogP contribution in [-0.2, 0) is 21.1 Å². The Morgan fingerprint density at radius 1 is 1.19 bits per heavy atom. The van der Waals surface area contributed by atoms with Crippen molar-refractivity contribution < 1.29 is 22.4 Å². The number of hydrogen-bond donors (Lipinski definition) is 1. The molecule has 1 N–H and O–H groups in total. The molecule has 2 heterocycles. The standard InChI is InChI=1S/C22H20N2O5S2/c1-3-28-18-6-4-5-15-12-19(29-21(15)18)17-13-30-22(23-17)24-20(25)11-14-7-9-16(10-8-14)31(2,26)27/h4-10,12-13H,3,11H2,1-2H3,(H,23,24,25). The van der Waals surface area contributed by atoms with Crippen molar-refractivity contribution in [2.24, 2.45) is 0 Å². The summed E-state index contributed by atoms with van der Waals surface area (Å²) in [7, 11) is -3.26. The quantitative estimate of drug-likeness (QED) is 0.438. The van der Waals surface area contributed by atoms with Gasteiger partial charge in [-0.05, 0) is 36.8 Å². The summed E-state index contributed by atoms with van der Waals surface area (Å²) in [5.74, 6) is 1.03. The van der Waals surface area contributed by atoms with Gasteiger partial charge in [0.25, 0.3) is 0 Å². The molecule has 31 heavy (non-hydrogen) atoms. The summed E-state index contributed by atoms with van der Waals surface area (Å²) in [4.78, 5) is 17.0. The fourth-order valence-electron chi connectivity index (χ4n) is 3.08. The van der Waals surface area contributed by atoms with Crippen LogP contribution in [0.2, 0.25) is 0 Å². The maximum atomic E-state index is 12.4. The zero-order chi connectivity index (χ0) is 22.0. The number of carbonyl (C=O) groups is 1. The van der Waals surface area contributed by atoms with Crippen molar-refractivity contribution in [2.45, 2.75) is 18.2 Å². The van der Waals surface area contributed by atoms with E-state index in [1.54, 1.807) is 12.1 Å². The Balaban J connectivity index is 1.46. The molecular formula is C22H20N2O5S2. The van der Waals surface area contributed by atoms with Crippen molar-refractivity contribution in [3.05, 3.63) is 59.5 Å². The van der Waals surface area contributed by atoms with Crippen LogP contribution in [0.4, 0.5) is 5.13 Å². The minimum absolute atomic E-state index is 0.112. The molecule has 9 heteroatoms. The lowest BCUT2D eigenvalue weighted by molar-refractivity contribution is -0.115. The molecule has 0 aliphatic heterocycles. The number of aromatic nitrogens is 1. The molecule has 2 aromatic heterocycles. The van der Waals surface area contributed by atoms with Gasteiger partial charge in [-0.3, -0.25) is 4.79 Å². The smallest absolute Gasteiger partial charge is 0.230 e. The third-order valence-corrected chi connectivity index (χ3v) is 6.41. The number of anilines is 1. The number of carbonyl (C=O) groups excluding carboxylic acids is 1. The lowest BCUT2D eigenvalue weighted by Crippen LogP contribution is -2.14. The number of nitrogens with one attached hydrogen (secondary N) is 1. The molecule has 1 amide bonds. The van der Waals surface area contributed by atoms with Gasteiger partial charge < -0.3 is 14.5 Å². The normalized spacial score (nSPS) is 11.5. The maximum Gasteiger partial charge on any atom is 0.230 e. The Morgan fingerprint density at radius 2 is 1.97 bits per heavy atom. The van der Waals surface area contributed by atoms with Gasteiger partial charge in [0, 0.05) is 17.0 Å². The van der Waals surface area contributed by atoms with Crippen LogP contribution >= 0.6 is 11.3 Å². The minimum atomic E-state index is -3.26. The molecule has 0 unspecified atom stereocenters. The van der Waals surface area contributed by atoms with Crippen molar-refractivity contribution in [3.63, 3.8) is 0 Å². The molecule has 2 aromatic carbocycles. The Hall–Kier alpha value is -3.17. The number of para-hydroxylation sites is 1. The fourth-order valence-corrected chi connectivity index (χ4v) is 4.43. The molecule has 4 aromatic rings. The van der Waals surface area contributed by atoms with Crippen LogP contribution in [0.1, 0.15) is 12.5 Å². The maximum absolute atomic E-state index is 12.4. The third kappa shape index (κ3) is 4.78. The van der Waals surface area contributed by atoms with Crippen molar-refractivity contribution >= 4 is 43.2 Å². The van der Waals surface area contributed by atoms with Gasteiger partial charge in [-0.2, -0.15) is 0 Å². The van der Waals surface area contributed by atoms with Crippen LogP contribution in [-0.4, -0.2) is 32.2 Å². The number of rotatable bonds is 7. The first-order valence-corrected chi connectivity index (χ1v) is 12.3. The van der Waals surface area contributed by atoms with Gasteiger partial charge in [0.05, 0.1) is 17.9 Å².